The Hall–Kier alpha value is -1.87. The van der Waals surface area contributed by atoms with Crippen LogP contribution in [-0.2, 0) is 21.7 Å². The van der Waals surface area contributed by atoms with Crippen LogP contribution < -0.4 is 5.73 Å². The Balaban J connectivity index is 3.10. The van der Waals surface area contributed by atoms with Gasteiger partial charge in [0.1, 0.15) is 0 Å². The summed E-state index contributed by atoms with van der Waals surface area (Å²) in [5.41, 5.74) is 6.48. The molecule has 2 N–H and O–H groups in total. The van der Waals surface area contributed by atoms with E-state index in [1.807, 2.05) is 18.2 Å². The maximum Gasteiger partial charge on any atom is 0.304 e. The van der Waals surface area contributed by atoms with E-state index in [2.05, 4.69) is 13.2 Å². The Morgan fingerprint density at radius 3 is 2.76 bits per heavy atom. The van der Waals surface area contributed by atoms with Crippen LogP contribution in [0, 0.1) is 0 Å². The van der Waals surface area contributed by atoms with E-state index in [1.54, 1.807) is 12.1 Å². The largest absolute Gasteiger partial charge is 0.436 e. The van der Waals surface area contributed by atoms with Gasteiger partial charge < -0.3 is 4.74 Å². The topological polar surface area (TPSA) is 52.3 Å². The van der Waals surface area contributed by atoms with Gasteiger partial charge in [0.2, 0.25) is 5.72 Å². The molecule has 0 radical (unpaired) electrons. The summed E-state index contributed by atoms with van der Waals surface area (Å²) < 4.78 is 5.10. The van der Waals surface area contributed by atoms with Gasteiger partial charge in [-0.05, 0) is 24.1 Å². The lowest BCUT2D eigenvalue weighted by Crippen LogP contribution is -2.39. The van der Waals surface area contributed by atoms with Crippen molar-refractivity contribution in [3.8, 4) is 0 Å². The van der Waals surface area contributed by atoms with E-state index in [0.717, 1.165) is 12.0 Å². The number of hydrogen-bond acceptors (Lipinski definition) is 3. The highest BCUT2D eigenvalue weighted by Gasteiger charge is 2.27. The third-order valence-corrected chi connectivity index (χ3v) is 2.37. The van der Waals surface area contributed by atoms with Gasteiger partial charge >= 0.3 is 5.97 Å². The molecule has 0 amide bonds. The average molecular weight is 231 g/mol. The van der Waals surface area contributed by atoms with E-state index < -0.39 is 11.7 Å². The maximum atomic E-state index is 11.0. The summed E-state index contributed by atoms with van der Waals surface area (Å²) in [6.07, 6.45) is 3.96. The summed E-state index contributed by atoms with van der Waals surface area (Å²) in [5.74, 6) is -0.443. The second-order valence-electron chi connectivity index (χ2n) is 3.78. The summed E-state index contributed by atoms with van der Waals surface area (Å²) in [5, 5.41) is 0. The van der Waals surface area contributed by atoms with E-state index >= 15 is 0 Å². The van der Waals surface area contributed by atoms with Crippen LogP contribution in [0.3, 0.4) is 0 Å². The maximum absolute atomic E-state index is 11.0. The molecule has 17 heavy (non-hydrogen) atoms. The molecule has 1 aromatic rings. The third-order valence-electron chi connectivity index (χ3n) is 2.37. The highest BCUT2D eigenvalue weighted by atomic mass is 16.6. The first-order valence-corrected chi connectivity index (χ1v) is 5.34. The molecule has 0 bridgehead atoms. The van der Waals surface area contributed by atoms with Gasteiger partial charge in [-0.3, -0.25) is 10.5 Å². The zero-order valence-electron chi connectivity index (χ0n) is 9.98. The number of ether oxygens (including phenoxy) is 1. The number of hydrogen-bond donors (Lipinski definition) is 1. The zero-order chi connectivity index (χ0) is 12.9. The van der Waals surface area contributed by atoms with Gasteiger partial charge in [-0.1, -0.05) is 30.9 Å². The second-order valence-corrected chi connectivity index (χ2v) is 3.78. The SMILES string of the molecule is C=CCc1cccc(C(N)(C=C)OC(C)=O)c1. The number of nitrogens with two attached hydrogens (primary N) is 1. The average Bonchev–Trinajstić information content (AvgIpc) is 2.29. The molecule has 1 unspecified atom stereocenters. The lowest BCUT2D eigenvalue weighted by Gasteiger charge is -2.26. The van der Waals surface area contributed by atoms with E-state index in [9.17, 15) is 4.79 Å². The molecule has 3 heteroatoms. The fourth-order valence-electron chi connectivity index (χ4n) is 1.56. The zero-order valence-corrected chi connectivity index (χ0v) is 9.98. The first kappa shape index (κ1) is 13.2. The van der Waals surface area contributed by atoms with Crippen molar-refractivity contribution in [3.05, 3.63) is 60.7 Å². The van der Waals surface area contributed by atoms with Crippen molar-refractivity contribution in [2.45, 2.75) is 19.1 Å². The molecule has 0 aromatic heterocycles. The predicted molar refractivity (Wildman–Crippen MR) is 68.2 cm³/mol. The molecule has 0 fully saturated rings. The molecule has 90 valence electrons. The number of allylic oxidation sites excluding steroid dienone is 1. The first-order chi connectivity index (χ1) is 8.01. The molecule has 3 nitrogen and oxygen atoms in total. The fourth-order valence-corrected chi connectivity index (χ4v) is 1.56. The van der Waals surface area contributed by atoms with Gasteiger partial charge in [-0.15, -0.1) is 6.58 Å². The van der Waals surface area contributed by atoms with Gasteiger partial charge in [0.25, 0.3) is 0 Å². The minimum Gasteiger partial charge on any atom is -0.436 e. The minimum absolute atomic E-state index is 0.443. The minimum atomic E-state index is -1.27. The molecule has 1 atom stereocenters. The Kier molecular flexibility index (Phi) is 4.24. The molecule has 1 rings (SSSR count). The van der Waals surface area contributed by atoms with Crippen LogP contribution in [0.2, 0.25) is 0 Å². The van der Waals surface area contributed by atoms with Gasteiger partial charge in [0.05, 0.1) is 0 Å². The van der Waals surface area contributed by atoms with E-state index in [-0.39, 0.29) is 0 Å². The van der Waals surface area contributed by atoms with Crippen LogP contribution in [0.25, 0.3) is 0 Å². The Morgan fingerprint density at radius 2 is 2.24 bits per heavy atom. The van der Waals surface area contributed by atoms with Crippen molar-refractivity contribution < 1.29 is 9.53 Å². The van der Waals surface area contributed by atoms with Crippen LogP contribution >= 0.6 is 0 Å². The smallest absolute Gasteiger partial charge is 0.304 e. The summed E-state index contributed by atoms with van der Waals surface area (Å²) in [6.45, 7) is 8.61. The number of esters is 1. The third kappa shape index (κ3) is 3.29. The van der Waals surface area contributed by atoms with Gasteiger partial charge in [0, 0.05) is 12.5 Å². The first-order valence-electron chi connectivity index (χ1n) is 5.34. The summed E-state index contributed by atoms with van der Waals surface area (Å²) >= 11 is 0. The molecular formula is C14H17NO2. The molecule has 0 saturated carbocycles. The van der Waals surface area contributed by atoms with Crippen LogP contribution in [0.4, 0.5) is 0 Å². The lowest BCUT2D eigenvalue weighted by molar-refractivity contribution is -0.152. The highest BCUT2D eigenvalue weighted by Crippen LogP contribution is 2.22. The lowest BCUT2D eigenvalue weighted by atomic mass is 10.00. The number of rotatable bonds is 5. The second kappa shape index (κ2) is 5.46. The number of benzene rings is 1. The molecule has 0 spiro atoms. The van der Waals surface area contributed by atoms with Gasteiger partial charge in [-0.25, -0.2) is 0 Å². The normalized spacial score (nSPS) is 13.5. The Morgan fingerprint density at radius 1 is 1.53 bits per heavy atom. The fraction of sp³-hybridized carbons (Fsp3) is 0.214. The highest BCUT2D eigenvalue weighted by molar-refractivity contribution is 5.67. The van der Waals surface area contributed by atoms with E-state index in [4.69, 9.17) is 10.5 Å². The molecule has 0 aliphatic rings. The predicted octanol–water partition coefficient (Wildman–Crippen LogP) is 2.28. The Labute approximate surface area is 102 Å². The van der Waals surface area contributed by atoms with Crippen molar-refractivity contribution >= 4 is 5.97 Å². The molecule has 1 aromatic carbocycles. The van der Waals surface area contributed by atoms with Crippen LogP contribution in [0.15, 0.2) is 49.6 Å². The Bertz CT molecular complexity index is 440. The van der Waals surface area contributed by atoms with E-state index in [0.29, 0.717) is 5.56 Å². The molecular weight excluding hydrogens is 214 g/mol. The quantitative estimate of drug-likeness (QED) is 0.480. The van der Waals surface area contributed by atoms with Crippen LogP contribution in [0.5, 0.6) is 0 Å². The number of carbonyl (C=O) groups is 1. The van der Waals surface area contributed by atoms with Crippen molar-refractivity contribution in [3.63, 3.8) is 0 Å². The monoisotopic (exact) mass is 231 g/mol. The van der Waals surface area contributed by atoms with Crippen molar-refractivity contribution in [2.75, 3.05) is 0 Å². The van der Waals surface area contributed by atoms with Crippen LogP contribution in [0.1, 0.15) is 18.1 Å². The summed E-state index contributed by atoms with van der Waals surface area (Å²) in [7, 11) is 0. The molecule has 0 aliphatic carbocycles. The van der Waals surface area contributed by atoms with Crippen LogP contribution in [-0.4, -0.2) is 5.97 Å². The summed E-state index contributed by atoms with van der Waals surface area (Å²) in [6, 6.07) is 7.51. The van der Waals surface area contributed by atoms with Crippen molar-refractivity contribution in [1.29, 1.82) is 0 Å². The van der Waals surface area contributed by atoms with E-state index in [1.165, 1.54) is 13.0 Å². The summed E-state index contributed by atoms with van der Waals surface area (Å²) in [4.78, 5) is 11.0. The number of carbonyl (C=O) groups excluding carboxylic acids is 1. The molecule has 0 heterocycles. The molecule has 0 aliphatic heterocycles. The van der Waals surface area contributed by atoms with Crippen molar-refractivity contribution in [1.82, 2.24) is 0 Å². The van der Waals surface area contributed by atoms with Crippen molar-refractivity contribution in [2.24, 2.45) is 5.73 Å². The standard InChI is InChI=1S/C14H17NO2/c1-4-7-12-8-6-9-13(10-12)14(15,5-2)17-11(3)16/h4-6,8-10H,1-2,7,15H2,3H3. The molecule has 0 saturated heterocycles. The van der Waals surface area contributed by atoms with Gasteiger partial charge in [-0.2, -0.15) is 0 Å². The van der Waals surface area contributed by atoms with Gasteiger partial charge in [0.15, 0.2) is 0 Å².